The second-order valence-corrected chi connectivity index (χ2v) is 5.17. The van der Waals surface area contributed by atoms with Crippen molar-refractivity contribution in [2.45, 2.75) is 51.2 Å². The van der Waals surface area contributed by atoms with Crippen LogP contribution in [-0.2, 0) is 9.53 Å². The summed E-state index contributed by atoms with van der Waals surface area (Å²) in [5.74, 6) is 0.299. The molecule has 2 saturated heterocycles. The molecule has 0 aromatic heterocycles. The van der Waals surface area contributed by atoms with E-state index in [2.05, 4.69) is 12.2 Å². The summed E-state index contributed by atoms with van der Waals surface area (Å²) < 4.78 is 5.66. The van der Waals surface area contributed by atoms with Gasteiger partial charge in [-0.15, -0.1) is 0 Å². The number of hydrogen-bond acceptors (Lipinski definition) is 3. The van der Waals surface area contributed by atoms with Gasteiger partial charge in [-0.1, -0.05) is 0 Å². The summed E-state index contributed by atoms with van der Waals surface area (Å²) in [7, 11) is 0. The molecular formula is C13H24N2O2. The van der Waals surface area contributed by atoms with Crippen molar-refractivity contribution in [3.05, 3.63) is 0 Å². The molecule has 2 aliphatic heterocycles. The van der Waals surface area contributed by atoms with Gasteiger partial charge in [0.05, 0.1) is 6.10 Å². The maximum atomic E-state index is 12.1. The number of ether oxygens (including phenoxy) is 1. The van der Waals surface area contributed by atoms with Crippen molar-refractivity contribution in [2.24, 2.45) is 0 Å². The first kappa shape index (κ1) is 12.8. The minimum absolute atomic E-state index is 0.299. The third-order valence-electron chi connectivity index (χ3n) is 3.78. The Morgan fingerprint density at radius 2 is 2.35 bits per heavy atom. The van der Waals surface area contributed by atoms with Gasteiger partial charge in [0.2, 0.25) is 5.91 Å². The first-order valence-corrected chi connectivity index (χ1v) is 6.89. The summed E-state index contributed by atoms with van der Waals surface area (Å²) >= 11 is 0. The van der Waals surface area contributed by atoms with Gasteiger partial charge in [0.1, 0.15) is 0 Å². The smallest absolute Gasteiger partial charge is 0.222 e. The van der Waals surface area contributed by atoms with Crippen molar-refractivity contribution in [3.63, 3.8) is 0 Å². The van der Waals surface area contributed by atoms with E-state index in [1.807, 2.05) is 4.90 Å². The van der Waals surface area contributed by atoms with Crippen molar-refractivity contribution in [1.82, 2.24) is 10.2 Å². The molecule has 4 nitrogen and oxygen atoms in total. The fourth-order valence-electron chi connectivity index (χ4n) is 2.67. The maximum Gasteiger partial charge on any atom is 0.222 e. The molecule has 0 aromatic rings. The molecule has 0 bridgehead atoms. The molecule has 2 fully saturated rings. The molecule has 0 radical (unpaired) electrons. The molecule has 2 aliphatic rings. The lowest BCUT2D eigenvalue weighted by Gasteiger charge is -2.34. The third-order valence-corrected chi connectivity index (χ3v) is 3.78. The van der Waals surface area contributed by atoms with Gasteiger partial charge in [-0.3, -0.25) is 4.79 Å². The van der Waals surface area contributed by atoms with Crippen molar-refractivity contribution in [1.29, 1.82) is 0 Å². The average Bonchev–Trinajstić information content (AvgIpc) is 2.38. The predicted octanol–water partition coefficient (Wildman–Crippen LogP) is 1.16. The molecule has 0 aliphatic carbocycles. The van der Waals surface area contributed by atoms with Crippen LogP contribution in [0.25, 0.3) is 0 Å². The van der Waals surface area contributed by atoms with E-state index < -0.39 is 0 Å². The number of amides is 1. The van der Waals surface area contributed by atoms with E-state index in [4.69, 9.17) is 4.74 Å². The number of rotatable bonds is 3. The second-order valence-electron chi connectivity index (χ2n) is 5.17. The van der Waals surface area contributed by atoms with Gasteiger partial charge in [-0.05, 0) is 32.6 Å². The quantitative estimate of drug-likeness (QED) is 0.805. The van der Waals surface area contributed by atoms with Gasteiger partial charge in [0, 0.05) is 38.7 Å². The minimum Gasteiger partial charge on any atom is -0.378 e. The number of carbonyl (C=O) groups excluding carboxylic acids is 1. The Morgan fingerprint density at radius 1 is 1.47 bits per heavy atom. The van der Waals surface area contributed by atoms with Crippen LogP contribution in [0.5, 0.6) is 0 Å². The van der Waals surface area contributed by atoms with Crippen LogP contribution in [-0.4, -0.2) is 49.2 Å². The molecule has 98 valence electrons. The molecule has 2 atom stereocenters. The predicted molar refractivity (Wildman–Crippen MR) is 66.9 cm³/mol. The molecule has 2 heterocycles. The molecular weight excluding hydrogens is 216 g/mol. The largest absolute Gasteiger partial charge is 0.378 e. The molecule has 4 heteroatoms. The van der Waals surface area contributed by atoms with Crippen LogP contribution < -0.4 is 5.32 Å². The first-order valence-electron chi connectivity index (χ1n) is 6.89. The third kappa shape index (κ3) is 3.68. The molecule has 2 rings (SSSR count). The van der Waals surface area contributed by atoms with Gasteiger partial charge >= 0.3 is 0 Å². The number of nitrogens with zero attached hydrogens (tertiary/aromatic N) is 1. The van der Waals surface area contributed by atoms with E-state index in [0.29, 0.717) is 24.5 Å². The highest BCUT2D eigenvalue weighted by atomic mass is 16.5. The van der Waals surface area contributed by atoms with E-state index in [1.54, 1.807) is 0 Å². The lowest BCUT2D eigenvalue weighted by Crippen LogP contribution is -2.52. The summed E-state index contributed by atoms with van der Waals surface area (Å²) in [5.41, 5.74) is 0. The van der Waals surface area contributed by atoms with Crippen LogP contribution in [0, 0.1) is 0 Å². The highest BCUT2D eigenvalue weighted by molar-refractivity contribution is 5.76. The summed E-state index contributed by atoms with van der Waals surface area (Å²) in [6.45, 7) is 5.69. The number of nitrogens with one attached hydrogen (secondary N) is 1. The topological polar surface area (TPSA) is 41.6 Å². The van der Waals surface area contributed by atoms with Crippen LogP contribution in [0.1, 0.15) is 39.0 Å². The molecule has 1 amide bonds. The first-order chi connectivity index (χ1) is 8.27. The van der Waals surface area contributed by atoms with E-state index in [1.165, 1.54) is 12.8 Å². The lowest BCUT2D eigenvalue weighted by molar-refractivity contribution is -0.135. The average molecular weight is 240 g/mol. The van der Waals surface area contributed by atoms with Crippen LogP contribution >= 0.6 is 0 Å². The Balaban J connectivity index is 1.72. The zero-order valence-electron chi connectivity index (χ0n) is 10.8. The molecule has 0 spiro atoms. The monoisotopic (exact) mass is 240 g/mol. The Kier molecular flexibility index (Phi) is 4.80. The number of carbonyl (C=O) groups is 1. The van der Waals surface area contributed by atoms with E-state index >= 15 is 0 Å². The van der Waals surface area contributed by atoms with Crippen LogP contribution in [0.15, 0.2) is 0 Å². The van der Waals surface area contributed by atoms with E-state index in [9.17, 15) is 4.79 Å². The zero-order chi connectivity index (χ0) is 12.1. The van der Waals surface area contributed by atoms with Gasteiger partial charge in [-0.25, -0.2) is 0 Å². The van der Waals surface area contributed by atoms with Crippen LogP contribution in [0.2, 0.25) is 0 Å². The normalized spacial score (nSPS) is 30.3. The SMILES string of the molecule is C[C@@H]1CNCCN1C(=O)CCC1CCCCO1. The standard InChI is InChI=1S/C13H24N2O2/c1-11-10-14-7-8-15(11)13(16)6-5-12-4-2-3-9-17-12/h11-12,14H,2-10H2,1H3/t11-,12?/m1/s1. The molecule has 1 N–H and O–H groups in total. The molecule has 1 unspecified atom stereocenters. The summed E-state index contributed by atoms with van der Waals surface area (Å²) in [5, 5.41) is 3.31. The Hall–Kier alpha value is -0.610. The highest BCUT2D eigenvalue weighted by Crippen LogP contribution is 2.18. The Morgan fingerprint density at radius 3 is 3.06 bits per heavy atom. The molecule has 17 heavy (non-hydrogen) atoms. The lowest BCUT2D eigenvalue weighted by atomic mass is 10.0. The van der Waals surface area contributed by atoms with Gasteiger partial charge in [0.25, 0.3) is 0 Å². The maximum absolute atomic E-state index is 12.1. The van der Waals surface area contributed by atoms with Gasteiger partial charge in [-0.2, -0.15) is 0 Å². The van der Waals surface area contributed by atoms with Gasteiger partial charge in [0.15, 0.2) is 0 Å². The van der Waals surface area contributed by atoms with Crippen molar-refractivity contribution in [3.8, 4) is 0 Å². The Labute approximate surface area is 104 Å². The summed E-state index contributed by atoms with van der Waals surface area (Å²) in [6.07, 6.45) is 5.43. The van der Waals surface area contributed by atoms with Gasteiger partial charge < -0.3 is 15.0 Å². The Bertz CT molecular complexity index is 252. The van der Waals surface area contributed by atoms with E-state index in [0.717, 1.165) is 39.1 Å². The van der Waals surface area contributed by atoms with Crippen LogP contribution in [0.4, 0.5) is 0 Å². The number of hydrogen-bond donors (Lipinski definition) is 1. The summed E-state index contributed by atoms with van der Waals surface area (Å²) in [6, 6.07) is 0.337. The minimum atomic E-state index is 0.299. The number of piperazine rings is 1. The zero-order valence-corrected chi connectivity index (χ0v) is 10.8. The van der Waals surface area contributed by atoms with Crippen molar-refractivity contribution < 1.29 is 9.53 Å². The fourth-order valence-corrected chi connectivity index (χ4v) is 2.67. The van der Waals surface area contributed by atoms with Crippen molar-refractivity contribution >= 4 is 5.91 Å². The fraction of sp³-hybridized carbons (Fsp3) is 0.923. The highest BCUT2D eigenvalue weighted by Gasteiger charge is 2.24. The van der Waals surface area contributed by atoms with Crippen LogP contribution in [0.3, 0.4) is 0 Å². The van der Waals surface area contributed by atoms with Crippen molar-refractivity contribution in [2.75, 3.05) is 26.2 Å². The van der Waals surface area contributed by atoms with E-state index in [-0.39, 0.29) is 0 Å². The molecule has 0 saturated carbocycles. The second kappa shape index (κ2) is 6.36. The summed E-state index contributed by atoms with van der Waals surface area (Å²) in [4.78, 5) is 14.1. The molecule has 0 aromatic carbocycles.